The van der Waals surface area contributed by atoms with E-state index in [1.165, 1.54) is 4.90 Å². The van der Waals surface area contributed by atoms with Crippen molar-refractivity contribution in [2.75, 3.05) is 13.2 Å². The van der Waals surface area contributed by atoms with Crippen molar-refractivity contribution in [2.24, 2.45) is 5.92 Å². The molecule has 0 aromatic rings. The van der Waals surface area contributed by atoms with E-state index >= 15 is 0 Å². The smallest absolute Gasteiger partial charge is 0.411 e. The zero-order valence-electron chi connectivity index (χ0n) is 12.6. The van der Waals surface area contributed by atoms with Crippen LogP contribution >= 0.6 is 0 Å². The Kier molecular flexibility index (Phi) is 5.20. The van der Waals surface area contributed by atoms with Crippen LogP contribution < -0.4 is 0 Å². The number of hydrogen-bond donors (Lipinski definition) is 0. The summed E-state index contributed by atoms with van der Waals surface area (Å²) < 4.78 is 10.4. The molecule has 0 aromatic carbocycles. The lowest BCUT2D eigenvalue weighted by Gasteiger charge is -2.27. The van der Waals surface area contributed by atoms with Gasteiger partial charge in [0.15, 0.2) is 0 Å². The maximum Gasteiger partial charge on any atom is 0.411 e. The molecule has 1 fully saturated rings. The summed E-state index contributed by atoms with van der Waals surface area (Å²) in [5, 5.41) is 0. The lowest BCUT2D eigenvalue weighted by atomic mass is 10.0. The van der Waals surface area contributed by atoms with Crippen molar-refractivity contribution in [3.63, 3.8) is 0 Å². The Hall–Kier alpha value is -1.26. The average molecular weight is 271 g/mol. The molecule has 1 saturated heterocycles. The first-order valence-corrected chi connectivity index (χ1v) is 6.94. The van der Waals surface area contributed by atoms with E-state index in [0.717, 1.165) is 6.42 Å². The number of nitrogens with zero attached hydrogens (tertiary/aromatic N) is 1. The summed E-state index contributed by atoms with van der Waals surface area (Å²) in [6.45, 7) is 10.2. The largest absolute Gasteiger partial charge is 0.464 e. The molecule has 1 heterocycles. The van der Waals surface area contributed by atoms with E-state index in [1.54, 1.807) is 6.92 Å². The zero-order valence-corrected chi connectivity index (χ0v) is 12.6. The van der Waals surface area contributed by atoms with E-state index in [4.69, 9.17) is 9.47 Å². The van der Waals surface area contributed by atoms with Crippen LogP contribution in [0.2, 0.25) is 0 Å². The van der Waals surface area contributed by atoms with Gasteiger partial charge in [-0.2, -0.15) is 0 Å². The number of rotatable bonds is 3. The minimum atomic E-state index is -0.555. The van der Waals surface area contributed by atoms with E-state index in [9.17, 15) is 9.59 Å². The molecule has 0 aliphatic carbocycles. The third-order valence-electron chi connectivity index (χ3n) is 3.15. The second-order valence-corrected chi connectivity index (χ2v) is 5.91. The predicted molar refractivity (Wildman–Crippen MR) is 71.8 cm³/mol. The molecule has 0 bridgehead atoms. The second-order valence-electron chi connectivity index (χ2n) is 5.91. The van der Waals surface area contributed by atoms with E-state index in [1.807, 2.05) is 20.8 Å². The van der Waals surface area contributed by atoms with Crippen LogP contribution in [0.3, 0.4) is 0 Å². The van der Waals surface area contributed by atoms with Crippen LogP contribution in [0.1, 0.15) is 47.5 Å². The van der Waals surface area contributed by atoms with Crippen LogP contribution in [-0.2, 0) is 14.3 Å². The number of carbonyl (C=O) groups is 2. The van der Waals surface area contributed by atoms with Gasteiger partial charge in [-0.25, -0.2) is 9.59 Å². The number of hydrogen-bond acceptors (Lipinski definition) is 4. The van der Waals surface area contributed by atoms with Gasteiger partial charge in [0.1, 0.15) is 11.6 Å². The molecule has 1 amide bonds. The van der Waals surface area contributed by atoms with Crippen molar-refractivity contribution < 1.29 is 19.1 Å². The molecule has 0 spiro atoms. The first-order valence-electron chi connectivity index (χ1n) is 6.94. The van der Waals surface area contributed by atoms with Crippen LogP contribution in [0.5, 0.6) is 0 Å². The highest BCUT2D eigenvalue weighted by Gasteiger charge is 2.41. The SMILES string of the molecule is CCOC(=O)[C@@H]1C[C@@H](CC)CN1C(=O)OC(C)(C)C. The molecular formula is C14H25NO4. The number of likely N-dealkylation sites (tertiary alicyclic amines) is 1. The molecule has 1 aliphatic heterocycles. The summed E-state index contributed by atoms with van der Waals surface area (Å²) in [6, 6.07) is -0.500. The molecule has 19 heavy (non-hydrogen) atoms. The molecule has 1 aliphatic rings. The molecule has 5 nitrogen and oxygen atoms in total. The molecule has 0 radical (unpaired) electrons. The topological polar surface area (TPSA) is 55.8 Å². The Labute approximate surface area is 115 Å². The molecule has 2 atom stereocenters. The summed E-state index contributed by atoms with van der Waals surface area (Å²) in [6.07, 6.45) is 1.17. The monoisotopic (exact) mass is 271 g/mol. The predicted octanol–water partition coefficient (Wildman–Crippen LogP) is 2.59. The van der Waals surface area contributed by atoms with Crippen molar-refractivity contribution in [3.05, 3.63) is 0 Å². The van der Waals surface area contributed by atoms with Crippen LogP contribution in [0.25, 0.3) is 0 Å². The van der Waals surface area contributed by atoms with E-state index in [-0.39, 0.29) is 5.97 Å². The lowest BCUT2D eigenvalue weighted by Crippen LogP contribution is -2.44. The minimum absolute atomic E-state index is 0.328. The Morgan fingerprint density at radius 1 is 1.26 bits per heavy atom. The van der Waals surface area contributed by atoms with Gasteiger partial charge in [0, 0.05) is 6.54 Å². The molecule has 0 N–H and O–H groups in total. The molecule has 110 valence electrons. The van der Waals surface area contributed by atoms with Gasteiger partial charge >= 0.3 is 12.1 Å². The summed E-state index contributed by atoms with van der Waals surface area (Å²) in [7, 11) is 0. The van der Waals surface area contributed by atoms with E-state index in [0.29, 0.717) is 25.5 Å². The van der Waals surface area contributed by atoms with Crippen molar-refractivity contribution in [1.82, 2.24) is 4.90 Å². The average Bonchev–Trinajstić information content (AvgIpc) is 2.71. The fourth-order valence-corrected chi connectivity index (χ4v) is 2.20. The first-order chi connectivity index (χ1) is 8.78. The Bertz CT molecular complexity index is 335. The van der Waals surface area contributed by atoms with Gasteiger partial charge in [0.25, 0.3) is 0 Å². The van der Waals surface area contributed by atoms with Gasteiger partial charge in [0.05, 0.1) is 6.61 Å². The quantitative estimate of drug-likeness (QED) is 0.740. The van der Waals surface area contributed by atoms with Gasteiger partial charge in [-0.3, -0.25) is 4.90 Å². The van der Waals surface area contributed by atoms with Gasteiger partial charge in [-0.05, 0) is 40.0 Å². The molecule has 0 aromatic heterocycles. The normalized spacial score (nSPS) is 23.3. The van der Waals surface area contributed by atoms with E-state index in [2.05, 4.69) is 6.92 Å². The van der Waals surface area contributed by atoms with Crippen molar-refractivity contribution in [2.45, 2.75) is 59.1 Å². The number of carbonyl (C=O) groups excluding carboxylic acids is 2. The Morgan fingerprint density at radius 3 is 2.37 bits per heavy atom. The number of ether oxygens (including phenoxy) is 2. The van der Waals surface area contributed by atoms with Crippen LogP contribution in [0, 0.1) is 5.92 Å². The van der Waals surface area contributed by atoms with Crippen LogP contribution in [0.4, 0.5) is 4.79 Å². The van der Waals surface area contributed by atoms with Crippen molar-refractivity contribution >= 4 is 12.1 Å². The number of amides is 1. The summed E-state index contributed by atoms with van der Waals surface area (Å²) in [5.41, 5.74) is -0.555. The first kappa shape index (κ1) is 15.8. The second kappa shape index (κ2) is 6.26. The van der Waals surface area contributed by atoms with E-state index < -0.39 is 17.7 Å². The molecule has 0 unspecified atom stereocenters. The van der Waals surface area contributed by atoms with Crippen molar-refractivity contribution in [1.29, 1.82) is 0 Å². The zero-order chi connectivity index (χ0) is 14.6. The molecular weight excluding hydrogens is 246 g/mol. The highest BCUT2D eigenvalue weighted by atomic mass is 16.6. The van der Waals surface area contributed by atoms with Crippen molar-refractivity contribution in [3.8, 4) is 0 Å². The molecule has 1 rings (SSSR count). The maximum atomic E-state index is 12.1. The Morgan fingerprint density at radius 2 is 1.89 bits per heavy atom. The van der Waals surface area contributed by atoms with Crippen LogP contribution in [0.15, 0.2) is 0 Å². The fraction of sp³-hybridized carbons (Fsp3) is 0.857. The van der Waals surface area contributed by atoms with Gasteiger partial charge < -0.3 is 9.47 Å². The minimum Gasteiger partial charge on any atom is -0.464 e. The fourth-order valence-electron chi connectivity index (χ4n) is 2.20. The highest BCUT2D eigenvalue weighted by Crippen LogP contribution is 2.28. The summed E-state index contributed by atoms with van der Waals surface area (Å²) >= 11 is 0. The third-order valence-corrected chi connectivity index (χ3v) is 3.15. The maximum absolute atomic E-state index is 12.1. The third kappa shape index (κ3) is 4.40. The van der Waals surface area contributed by atoms with Gasteiger partial charge in [-0.1, -0.05) is 13.3 Å². The van der Waals surface area contributed by atoms with Crippen LogP contribution in [-0.4, -0.2) is 41.8 Å². The standard InChI is InChI=1S/C14H25NO4/c1-6-10-8-11(12(16)18-7-2)15(9-10)13(17)19-14(3,4)5/h10-11H,6-9H2,1-5H3/t10-,11+/m1/s1. The van der Waals surface area contributed by atoms with Gasteiger partial charge in [-0.15, -0.1) is 0 Å². The molecule has 5 heteroatoms. The Balaban J connectivity index is 2.76. The summed E-state index contributed by atoms with van der Waals surface area (Å²) in [4.78, 5) is 25.6. The molecule has 0 saturated carbocycles. The highest BCUT2D eigenvalue weighted by molar-refractivity contribution is 5.82. The lowest BCUT2D eigenvalue weighted by molar-refractivity contribution is -0.148. The van der Waals surface area contributed by atoms with Gasteiger partial charge in [0.2, 0.25) is 0 Å². The number of esters is 1. The summed E-state index contributed by atoms with van der Waals surface area (Å²) in [5.74, 6) is 0.00577.